The Labute approximate surface area is 211 Å². The summed E-state index contributed by atoms with van der Waals surface area (Å²) in [5.74, 6) is -2.90. The van der Waals surface area contributed by atoms with Gasteiger partial charge in [0.25, 0.3) is 0 Å². The predicted octanol–water partition coefficient (Wildman–Crippen LogP) is 2.79. The van der Waals surface area contributed by atoms with Gasteiger partial charge in [-0.2, -0.15) is 13.2 Å². The lowest BCUT2D eigenvalue weighted by Gasteiger charge is -2.39. The van der Waals surface area contributed by atoms with E-state index in [1.54, 1.807) is 12.1 Å². The molecule has 13 heteroatoms. The van der Waals surface area contributed by atoms with Crippen molar-refractivity contribution in [1.29, 1.82) is 0 Å². The van der Waals surface area contributed by atoms with Crippen molar-refractivity contribution in [2.75, 3.05) is 37.6 Å². The van der Waals surface area contributed by atoms with Crippen molar-refractivity contribution >= 4 is 39.0 Å². The van der Waals surface area contributed by atoms with Crippen molar-refractivity contribution in [2.24, 2.45) is 5.41 Å². The third kappa shape index (κ3) is 4.14. The molecule has 0 radical (unpaired) electrons. The summed E-state index contributed by atoms with van der Waals surface area (Å²) in [6, 6.07) is 3.37. The fourth-order valence-electron chi connectivity index (χ4n) is 5.82. The first-order valence-corrected chi connectivity index (χ1v) is 13.9. The number of aliphatic carboxylic acids is 1. The Bertz CT molecular complexity index is 1190. The van der Waals surface area contributed by atoms with Gasteiger partial charge in [-0.05, 0) is 56.8 Å². The normalized spacial score (nSPS) is 28.3. The molecule has 0 spiro atoms. The number of carbonyl (C=O) groups excluding carboxylic acids is 1. The number of rotatable bonds is 5. The Morgan fingerprint density at radius 2 is 1.83 bits per heavy atom. The first kappa shape index (κ1) is 25.6. The average Bonchev–Trinajstić information content (AvgIpc) is 3.30. The molecule has 3 saturated heterocycles. The molecule has 5 rings (SSSR count). The first-order valence-electron chi connectivity index (χ1n) is 12.0. The van der Waals surface area contributed by atoms with Crippen LogP contribution in [0.2, 0.25) is 5.02 Å². The number of alkyl halides is 3. The largest absolute Gasteiger partial charge is 0.480 e. The summed E-state index contributed by atoms with van der Waals surface area (Å²) in [5, 5.41) is 8.16. The van der Waals surface area contributed by atoms with Crippen molar-refractivity contribution in [2.45, 2.75) is 60.5 Å². The number of halogens is 4. The quantitative estimate of drug-likeness (QED) is 0.603. The Morgan fingerprint density at radius 3 is 2.44 bits per heavy atom. The van der Waals surface area contributed by atoms with Gasteiger partial charge in [0.15, 0.2) is 9.84 Å². The van der Waals surface area contributed by atoms with Gasteiger partial charge in [0.05, 0.1) is 15.2 Å². The Hall–Kier alpha value is -2.05. The highest BCUT2D eigenvalue weighted by Gasteiger charge is 2.70. The maximum atomic E-state index is 13.5. The van der Waals surface area contributed by atoms with Gasteiger partial charge in [-0.3, -0.25) is 9.69 Å². The topological polar surface area (TPSA) is 98.2 Å². The third-order valence-corrected chi connectivity index (χ3v) is 10.7. The van der Waals surface area contributed by atoms with E-state index in [1.165, 1.54) is 6.07 Å². The van der Waals surface area contributed by atoms with Crippen molar-refractivity contribution < 1.29 is 36.3 Å². The second kappa shape index (κ2) is 8.76. The van der Waals surface area contributed by atoms with Gasteiger partial charge < -0.3 is 14.9 Å². The lowest BCUT2D eigenvalue weighted by Crippen LogP contribution is -2.50. The van der Waals surface area contributed by atoms with Crippen LogP contribution in [0.5, 0.6) is 0 Å². The number of piperazine rings is 1. The molecule has 1 aromatic carbocycles. The molecule has 3 heterocycles. The summed E-state index contributed by atoms with van der Waals surface area (Å²) in [4.78, 5) is 29.5. The molecule has 4 fully saturated rings. The van der Waals surface area contributed by atoms with Crippen LogP contribution in [0.1, 0.15) is 32.1 Å². The van der Waals surface area contributed by atoms with E-state index < -0.39 is 70.4 Å². The van der Waals surface area contributed by atoms with Crippen LogP contribution in [-0.4, -0.2) is 91.4 Å². The summed E-state index contributed by atoms with van der Waals surface area (Å²) in [6.07, 6.45) is -3.94. The maximum absolute atomic E-state index is 13.5. The van der Waals surface area contributed by atoms with Crippen LogP contribution in [0, 0.1) is 5.41 Å². The molecule has 8 nitrogen and oxygen atoms in total. The molecule has 1 aliphatic carbocycles. The number of anilines is 1. The molecule has 0 aromatic heterocycles. The minimum Gasteiger partial charge on any atom is -0.480 e. The zero-order valence-corrected chi connectivity index (χ0v) is 20.9. The number of carbonyl (C=O) groups is 2. The average molecular weight is 550 g/mol. The van der Waals surface area contributed by atoms with Crippen LogP contribution in [0.25, 0.3) is 0 Å². The van der Waals surface area contributed by atoms with E-state index in [0.29, 0.717) is 10.9 Å². The molecule has 1 saturated carbocycles. The number of fused-ring (bicyclic) bond motifs is 1. The lowest BCUT2D eigenvalue weighted by atomic mass is 10.0. The molecule has 0 bridgehead atoms. The fraction of sp³-hybridized carbons (Fsp3) is 0.652. The number of carboxylic acid groups (broad SMARTS) is 1. The number of benzene rings is 1. The molecule has 3 atom stereocenters. The van der Waals surface area contributed by atoms with Gasteiger partial charge in [-0.1, -0.05) is 11.6 Å². The number of likely N-dealkylation sites (tertiary alicyclic amines) is 1. The van der Waals surface area contributed by atoms with E-state index in [-0.39, 0.29) is 9.92 Å². The van der Waals surface area contributed by atoms with Crippen molar-refractivity contribution in [3.8, 4) is 0 Å². The van der Waals surface area contributed by atoms with Gasteiger partial charge in [-0.25, -0.2) is 13.2 Å². The second-order valence-corrected chi connectivity index (χ2v) is 12.8. The van der Waals surface area contributed by atoms with Gasteiger partial charge in [0.1, 0.15) is 11.5 Å². The predicted molar refractivity (Wildman–Crippen MR) is 125 cm³/mol. The summed E-state index contributed by atoms with van der Waals surface area (Å²) < 4.78 is 67.4. The molecule has 1 unspecified atom stereocenters. The Morgan fingerprint density at radius 1 is 1.11 bits per heavy atom. The van der Waals surface area contributed by atoms with Crippen molar-refractivity contribution in [1.82, 2.24) is 9.80 Å². The van der Waals surface area contributed by atoms with Gasteiger partial charge in [0, 0.05) is 37.9 Å². The number of nitrogens with zero attached hydrogens (tertiary/aromatic N) is 3. The van der Waals surface area contributed by atoms with Gasteiger partial charge in [-0.15, -0.1) is 0 Å². The molecule has 1 aromatic rings. The molecular formula is C23H27ClF3N3O5S. The third-order valence-electron chi connectivity index (χ3n) is 8.12. The van der Waals surface area contributed by atoms with E-state index in [1.807, 2.05) is 0 Å². The number of carboxylic acids is 1. The maximum Gasteiger partial charge on any atom is 0.403 e. The van der Waals surface area contributed by atoms with Crippen LogP contribution < -0.4 is 4.90 Å². The van der Waals surface area contributed by atoms with E-state index in [2.05, 4.69) is 9.80 Å². The zero-order valence-electron chi connectivity index (χ0n) is 19.4. The van der Waals surface area contributed by atoms with Gasteiger partial charge in [0.2, 0.25) is 5.91 Å². The monoisotopic (exact) mass is 549 g/mol. The van der Waals surface area contributed by atoms with E-state index >= 15 is 0 Å². The molecular weight excluding hydrogens is 523 g/mol. The molecule has 1 N–H and O–H groups in total. The summed E-state index contributed by atoms with van der Waals surface area (Å²) >= 11 is 6.40. The van der Waals surface area contributed by atoms with E-state index in [4.69, 9.17) is 11.6 Å². The zero-order chi connectivity index (χ0) is 26.0. The van der Waals surface area contributed by atoms with Gasteiger partial charge >= 0.3 is 12.1 Å². The highest BCUT2D eigenvalue weighted by Crippen LogP contribution is 2.59. The standard InChI is InChI=1S/C23H27ClF3N3O5S/c24-17-10-14(29-9-8-28-7-1-2-15(28)12-29)3-4-19(17)36(34,35)16-11-18(20(31)32)30(13-16)21(33)22(5-6-22)23(25,26)27/h3-4,10,15-16,18H,1-2,5-9,11-13H2,(H,31,32)/t15?,16-,18+/m1/s1. The van der Waals surface area contributed by atoms with Crippen LogP contribution >= 0.6 is 11.6 Å². The van der Waals surface area contributed by atoms with Crippen LogP contribution in [0.3, 0.4) is 0 Å². The Kier molecular flexibility index (Phi) is 6.23. The van der Waals surface area contributed by atoms with Crippen LogP contribution in [-0.2, 0) is 19.4 Å². The van der Waals surface area contributed by atoms with E-state index in [0.717, 1.165) is 44.7 Å². The summed E-state index contributed by atoms with van der Waals surface area (Å²) in [7, 11) is -4.22. The number of amides is 1. The highest BCUT2D eigenvalue weighted by molar-refractivity contribution is 7.92. The molecule has 4 aliphatic rings. The fourth-order valence-corrected chi connectivity index (χ4v) is 8.06. The van der Waals surface area contributed by atoms with Crippen molar-refractivity contribution in [3.63, 3.8) is 0 Å². The molecule has 36 heavy (non-hydrogen) atoms. The molecule has 3 aliphatic heterocycles. The number of hydrogen-bond donors (Lipinski definition) is 1. The number of sulfone groups is 1. The summed E-state index contributed by atoms with van der Waals surface area (Å²) in [5.41, 5.74) is -1.85. The van der Waals surface area contributed by atoms with Crippen molar-refractivity contribution in [3.05, 3.63) is 23.2 Å². The minimum absolute atomic E-state index is 0.0352. The molecule has 1 amide bonds. The van der Waals surface area contributed by atoms with E-state index in [9.17, 15) is 36.3 Å². The summed E-state index contributed by atoms with van der Waals surface area (Å²) in [6.45, 7) is 2.95. The van der Waals surface area contributed by atoms with Crippen LogP contribution in [0.4, 0.5) is 18.9 Å². The highest BCUT2D eigenvalue weighted by atomic mass is 35.5. The Balaban J connectivity index is 1.37. The SMILES string of the molecule is O=C(O)[C@@H]1C[C@@H](S(=O)(=O)c2ccc(N3CCN4CCCC4C3)cc2Cl)CN1C(=O)C1(C(F)(F)F)CC1. The smallest absolute Gasteiger partial charge is 0.403 e. The second-order valence-electron chi connectivity index (χ2n) is 10.2. The molecule has 198 valence electrons. The minimum atomic E-state index is -4.83. The first-order chi connectivity index (χ1) is 16.8. The lowest BCUT2D eigenvalue weighted by molar-refractivity contribution is -0.199. The van der Waals surface area contributed by atoms with Crippen LogP contribution in [0.15, 0.2) is 23.1 Å². The number of hydrogen-bond acceptors (Lipinski definition) is 6.